The molecule has 1 saturated heterocycles. The summed E-state index contributed by atoms with van der Waals surface area (Å²) in [7, 11) is 2.01. The third-order valence-electron chi connectivity index (χ3n) is 23.3. The molecule has 0 bridgehead atoms. The molecule has 22 aromatic rings. The van der Waals surface area contributed by atoms with Crippen LogP contribution in [0.3, 0.4) is 0 Å². The van der Waals surface area contributed by atoms with E-state index in [4.69, 9.17) is 27.5 Å². The van der Waals surface area contributed by atoms with Crippen LogP contribution >= 0.6 is 47.1 Å². The molecule has 13 aromatic carbocycles. The molecule has 2 aliphatic heterocycles. The topological polar surface area (TPSA) is 235 Å². The number of allylic oxidation sites excluding steroid dienone is 6. The number of aliphatic hydroxyl groups excluding tert-OH is 1. The fourth-order valence-electron chi connectivity index (χ4n) is 17.3. The van der Waals surface area contributed by atoms with Gasteiger partial charge in [0, 0.05) is 164 Å². The number of carbonyl (C=O) groups excluding carboxylic acids is 2. The van der Waals surface area contributed by atoms with Crippen LogP contribution in [0.1, 0.15) is 29.9 Å². The summed E-state index contributed by atoms with van der Waals surface area (Å²) in [6.45, 7) is 11.9. The number of carboxylic acid groups (broad SMARTS) is 2. The molecule has 0 spiro atoms. The van der Waals surface area contributed by atoms with Crippen molar-refractivity contribution in [2.45, 2.75) is 18.7 Å². The number of aliphatic carboxylic acids is 1. The zero-order valence-corrected chi connectivity index (χ0v) is 88.6. The van der Waals surface area contributed by atoms with Gasteiger partial charge in [-0.3, -0.25) is 28.1 Å². The van der Waals surface area contributed by atoms with Crippen molar-refractivity contribution in [1.29, 1.82) is 5.26 Å². The van der Waals surface area contributed by atoms with E-state index in [0.29, 0.717) is 38.9 Å². The quantitative estimate of drug-likeness (QED) is 0.0421. The number of nitriles is 1. The number of rotatable bonds is 13. The van der Waals surface area contributed by atoms with Crippen molar-refractivity contribution in [3.8, 4) is 61.9 Å². The minimum absolute atomic E-state index is 0. The number of aliphatic hydroxyl groups is 1. The Kier molecular flexibility index (Phi) is 34.7. The Morgan fingerprint density at radius 1 is 0.490 bits per heavy atom. The number of nitrogens with zero attached hydrogens (tertiary/aromatic N) is 12. The number of thioether (sulfide) groups is 2. The van der Waals surface area contributed by atoms with Crippen molar-refractivity contribution in [3.63, 3.8) is 0 Å². The van der Waals surface area contributed by atoms with E-state index < -0.39 is 30.1 Å². The summed E-state index contributed by atoms with van der Waals surface area (Å²) in [5, 5.41) is 48.4. The van der Waals surface area contributed by atoms with Crippen LogP contribution in [0.2, 0.25) is 0 Å². The van der Waals surface area contributed by atoms with E-state index in [1.54, 1.807) is 78.0 Å². The molecule has 3 radical (unpaired) electrons. The predicted octanol–water partition coefficient (Wildman–Crippen LogP) is 28.9. The Balaban J connectivity index is 0.000000155. The largest absolute Gasteiger partial charge is 0.512 e. The van der Waals surface area contributed by atoms with Gasteiger partial charge in [0.15, 0.2) is 5.78 Å². The van der Waals surface area contributed by atoms with Gasteiger partial charge in [0.1, 0.15) is 22.6 Å². The summed E-state index contributed by atoms with van der Waals surface area (Å²) >= 11 is 9.58. The summed E-state index contributed by atoms with van der Waals surface area (Å²) in [6.07, 6.45) is 15.0. The Morgan fingerprint density at radius 3 is 1.33 bits per heavy atom. The molecule has 1 amide bonds. The van der Waals surface area contributed by atoms with Gasteiger partial charge in [-0.15, -0.1) is 71.6 Å². The molecule has 0 aliphatic carbocycles. The van der Waals surface area contributed by atoms with Crippen molar-refractivity contribution in [1.82, 2.24) is 43.1 Å². The van der Waals surface area contributed by atoms with E-state index >= 15 is 0 Å². The van der Waals surface area contributed by atoms with E-state index in [2.05, 4.69) is 285 Å². The first-order valence-corrected chi connectivity index (χ1v) is 48.0. The summed E-state index contributed by atoms with van der Waals surface area (Å²) in [6, 6.07) is 127. The molecular weight excluding hydrogens is 2450 g/mol. The van der Waals surface area contributed by atoms with Crippen molar-refractivity contribution in [3.05, 3.63) is 475 Å². The van der Waals surface area contributed by atoms with Gasteiger partial charge in [0.25, 0.3) is 5.91 Å². The minimum Gasteiger partial charge on any atom is -0.512 e. The maximum absolute atomic E-state index is 13.2. The van der Waals surface area contributed by atoms with Crippen LogP contribution in [-0.2, 0) is 74.7 Å². The Bertz CT molecular complexity index is 8480. The molecule has 9 aromatic heterocycles. The van der Waals surface area contributed by atoms with Crippen LogP contribution in [0.4, 0.5) is 20.2 Å². The predicted molar refractivity (Wildman–Crippen MR) is 579 cm³/mol. The first-order valence-electron chi connectivity index (χ1n) is 45.2. The second-order valence-electron chi connectivity index (χ2n) is 32.5. The average molecular weight is 2530 g/mol. The number of amides is 1. The monoisotopic (exact) mass is 2530 g/mol. The van der Waals surface area contributed by atoms with Gasteiger partial charge in [0.2, 0.25) is 5.69 Å². The molecule has 0 unspecified atom stereocenters. The van der Waals surface area contributed by atoms with E-state index in [0.717, 1.165) is 149 Å². The Morgan fingerprint density at radius 2 is 0.918 bits per heavy atom. The molecule has 1 fully saturated rings. The van der Waals surface area contributed by atoms with Crippen molar-refractivity contribution in [2.75, 3.05) is 18.5 Å². The van der Waals surface area contributed by atoms with Crippen LogP contribution in [-0.4, -0.2) is 100.0 Å². The number of aromatic nitrogens is 8. The van der Waals surface area contributed by atoms with Gasteiger partial charge < -0.3 is 53.4 Å². The molecule has 0 saturated carbocycles. The number of thiocarbonyl (C=S) groups is 1. The van der Waals surface area contributed by atoms with Gasteiger partial charge in [0.05, 0.1) is 100 Å². The van der Waals surface area contributed by atoms with Crippen LogP contribution < -0.4 is 4.90 Å². The van der Waals surface area contributed by atoms with E-state index in [-0.39, 0.29) is 93.3 Å². The molecule has 28 heteroatoms. The molecule has 147 heavy (non-hydrogen) atoms. The number of hydrogen-bond acceptors (Lipinski definition) is 15. The number of hydrogen-bond donors (Lipinski definition) is 3. The van der Waals surface area contributed by atoms with Crippen molar-refractivity contribution in [2.24, 2.45) is 0 Å². The molecule has 24 rings (SSSR count). The normalized spacial score (nSPS) is 12.4. The standard InChI is InChI=1S/C56H32N6.C17H14N2O3S3.C13H8NS.C11H6F2N.C11H8N.C6H5NO2.C5H8O2.3Ir/c1-58-52-53(59-44-26-10-2-18-35(44)36-19-3-11-27-45(36)59)43(34-57)54(60-46-28-12-4-20-37(46)38-21-5-13-29-47(38)60)56(62-50-32-16-8-24-41(50)42-25-9-17-33-51(42)62)55(52)61-48-30-14-6-22-39(48)40-23-7-15-31-49(40)61;1-18-11-6-2-3-7-12(11)24-14(18)9-5-4-8-13-16(22)19(10-15(20)21)17(23)25-13;1-2-7-12-10(5-1)9-13(15-12)11-6-3-4-8-14-11;12-8-4-5-9(10(13)7-8)11-3-1-2-6-14-11;1-2-6-10(7-3-1)11-8-4-5-9-12-11;8-6(9)5-3-1-2-4-7-5;1-4(6)3-5(2)7;;;/h2-33H;2-9H,10H2,1H3,(H,20,21);1-8H;1-4,6-7H;1-6,8-9H;1-4H,(H,8,9);3,6H,1-2H3;;;/q;;3*-1;;;;;/b;5-4+,13-8+,14-9-;;;;;;;;. The number of anilines is 1. The SMILES string of the molecule is CC(=O)C=C(C)O.CN1/C(=C/C=C/C=C2/SC(=S)N(CC(=O)O)C2=O)Sc2ccccc21.Fc1c[c-]c(-c2ccccn2)c(F)c1.O=C(O)c1ccccn1.[C-]#[N+]c1c(-n2c3ccccc3c3ccccc32)c(C#N)c(-n2c3ccccc3c3ccccc32)c(-n2c3ccccc3c3ccccc32)c1-n1c2ccccc2c2ccccc21.[Ir].[Ir].[Ir].[c-]1c(-c2ccccn2)sc2ccccc12.[c-]1ccccc1-c1ccccn1. The molecule has 19 nitrogen and oxygen atoms in total. The maximum Gasteiger partial charge on any atom is 0.354 e. The molecule has 0 atom stereocenters. The van der Waals surface area contributed by atoms with Crippen LogP contribution in [0.15, 0.2) is 428 Å². The molecule has 11 heterocycles. The van der Waals surface area contributed by atoms with Crippen LogP contribution in [0, 0.1) is 47.7 Å². The number of ketones is 1. The van der Waals surface area contributed by atoms with E-state index in [9.17, 15) is 39.8 Å². The minimum atomic E-state index is -1.08. The number of carboxylic acids is 2. The van der Waals surface area contributed by atoms with Crippen LogP contribution in [0.5, 0.6) is 0 Å². The third kappa shape index (κ3) is 22.7. The first kappa shape index (κ1) is 105. The second kappa shape index (κ2) is 48.5. The summed E-state index contributed by atoms with van der Waals surface area (Å²) in [4.78, 5) is 69.7. The second-order valence-corrected chi connectivity index (χ2v) is 36.2. The van der Waals surface area contributed by atoms with Gasteiger partial charge in [-0.1, -0.05) is 272 Å². The first-order chi connectivity index (χ1) is 70.3. The third-order valence-corrected chi connectivity index (χ3v) is 27.0. The number of fused-ring (bicyclic) bond motifs is 14. The number of para-hydroxylation sites is 9. The molecule has 3 N–H and O–H groups in total. The van der Waals surface area contributed by atoms with Gasteiger partial charge in [-0.2, -0.15) is 5.26 Å². The number of thiophene rings is 1. The maximum atomic E-state index is 13.2. The zero-order chi connectivity index (χ0) is 99.9. The molecular formula is C119H81F2Ir3N12O7S4-3. The van der Waals surface area contributed by atoms with Gasteiger partial charge in [-0.05, 0) is 138 Å². The zero-order valence-electron chi connectivity index (χ0n) is 78.1. The Hall–Kier alpha value is -16.2. The fourth-order valence-corrected chi connectivity index (χ4v) is 20.5. The smallest absolute Gasteiger partial charge is 0.354 e. The summed E-state index contributed by atoms with van der Waals surface area (Å²) in [5.74, 6) is -3.79. The molecule has 2 aliphatic rings. The summed E-state index contributed by atoms with van der Waals surface area (Å²) < 4.78 is 36.4. The van der Waals surface area contributed by atoms with E-state index in [1.807, 2.05) is 116 Å². The number of pyridine rings is 4. The fraction of sp³-hybridized carbons (Fsp3) is 0.0336. The number of aromatic carboxylic acids is 1. The average Bonchev–Trinajstić information content (AvgIpc) is 1.47. The Labute approximate surface area is 902 Å². The van der Waals surface area contributed by atoms with Gasteiger partial charge in [-0.25, -0.2) is 26.0 Å². The van der Waals surface area contributed by atoms with Crippen molar-refractivity contribution < 1.29 is 104 Å². The van der Waals surface area contributed by atoms with Crippen LogP contribution in [0.25, 0.3) is 158 Å². The van der Waals surface area contributed by atoms with Gasteiger partial charge >= 0.3 is 11.9 Å². The summed E-state index contributed by atoms with van der Waals surface area (Å²) in [5.41, 5.74) is 16.0. The number of benzene rings is 13. The number of carbonyl (C=O) groups is 4. The van der Waals surface area contributed by atoms with E-state index in [1.165, 1.54) is 52.9 Å². The van der Waals surface area contributed by atoms with Crippen molar-refractivity contribution >= 4 is 184 Å². The molecule has 727 valence electrons. The number of halogens is 2.